The molecule has 0 spiro atoms. The first-order valence-electron chi connectivity index (χ1n) is 7.24. The molecule has 0 saturated heterocycles. The molecule has 0 atom stereocenters. The molecule has 0 bridgehead atoms. The van der Waals surface area contributed by atoms with Crippen LogP contribution in [0.25, 0.3) is 0 Å². The van der Waals surface area contributed by atoms with Crippen LogP contribution in [0.4, 0.5) is 0 Å². The fourth-order valence-corrected chi connectivity index (χ4v) is 3.85. The predicted molar refractivity (Wildman–Crippen MR) is 81.5 cm³/mol. The quantitative estimate of drug-likeness (QED) is 0.772. The van der Waals surface area contributed by atoms with Gasteiger partial charge in [0.05, 0.1) is 5.75 Å². The lowest BCUT2D eigenvalue weighted by molar-refractivity contribution is 0.449. The molecule has 3 N–H and O–H groups in total. The lowest BCUT2D eigenvalue weighted by atomic mass is 10.0. The second-order valence-corrected chi connectivity index (χ2v) is 7.66. The maximum Gasteiger partial charge on any atom is 0.215 e. The van der Waals surface area contributed by atoms with Crippen molar-refractivity contribution in [2.24, 2.45) is 11.1 Å². The summed E-state index contributed by atoms with van der Waals surface area (Å²) in [7, 11) is -3.26. The largest absolute Gasteiger partial charge is 0.326 e. The number of rotatable bonds is 8. The Morgan fingerprint density at radius 1 is 1.30 bits per heavy atom. The van der Waals surface area contributed by atoms with Crippen LogP contribution in [0.15, 0.2) is 24.3 Å². The number of benzene rings is 1. The lowest BCUT2D eigenvalue weighted by Crippen LogP contribution is -2.31. The molecule has 0 aromatic heterocycles. The Morgan fingerprint density at radius 2 is 2.00 bits per heavy atom. The molecule has 5 heteroatoms. The maximum absolute atomic E-state index is 12.1. The number of nitrogens with one attached hydrogen (secondary N) is 1. The van der Waals surface area contributed by atoms with Gasteiger partial charge in [-0.05, 0) is 35.8 Å². The van der Waals surface area contributed by atoms with Crippen LogP contribution >= 0.6 is 0 Å². The van der Waals surface area contributed by atoms with E-state index in [-0.39, 0.29) is 11.2 Å². The molecule has 112 valence electrons. The second-order valence-electron chi connectivity index (χ2n) is 5.85. The summed E-state index contributed by atoms with van der Waals surface area (Å²) in [6.07, 6.45) is 4.51. The predicted octanol–water partition coefficient (Wildman–Crippen LogP) is 2.15. The van der Waals surface area contributed by atoms with E-state index in [0.717, 1.165) is 36.8 Å². The van der Waals surface area contributed by atoms with Gasteiger partial charge < -0.3 is 5.73 Å². The first-order chi connectivity index (χ1) is 9.49. The van der Waals surface area contributed by atoms with Crippen molar-refractivity contribution in [3.05, 3.63) is 35.4 Å². The molecule has 1 aromatic carbocycles. The van der Waals surface area contributed by atoms with Gasteiger partial charge in [-0.25, -0.2) is 13.1 Å². The van der Waals surface area contributed by atoms with Crippen LogP contribution in [-0.2, 0) is 22.3 Å². The first kappa shape index (κ1) is 15.5. The summed E-state index contributed by atoms with van der Waals surface area (Å²) in [6.45, 7) is 3.16. The van der Waals surface area contributed by atoms with Crippen molar-refractivity contribution >= 4 is 10.0 Å². The third kappa shape index (κ3) is 4.30. The molecule has 2 rings (SSSR count). The van der Waals surface area contributed by atoms with Crippen LogP contribution in [0.1, 0.15) is 43.7 Å². The van der Waals surface area contributed by atoms with Gasteiger partial charge in [-0.3, -0.25) is 0 Å². The third-order valence-electron chi connectivity index (χ3n) is 3.99. The molecule has 1 aliphatic carbocycles. The number of hydrogen-bond acceptors (Lipinski definition) is 3. The molecule has 0 heterocycles. The summed E-state index contributed by atoms with van der Waals surface area (Å²) in [5.74, 6) is 0.0308. The van der Waals surface area contributed by atoms with Crippen LogP contribution in [0.2, 0.25) is 0 Å². The van der Waals surface area contributed by atoms with Crippen LogP contribution < -0.4 is 10.5 Å². The molecule has 1 aliphatic rings. The van der Waals surface area contributed by atoms with Gasteiger partial charge in [0, 0.05) is 13.1 Å². The molecule has 20 heavy (non-hydrogen) atoms. The van der Waals surface area contributed by atoms with E-state index in [1.165, 1.54) is 0 Å². The molecule has 4 nitrogen and oxygen atoms in total. The Hall–Kier alpha value is -0.910. The van der Waals surface area contributed by atoms with Gasteiger partial charge in [-0.1, -0.05) is 37.6 Å². The average molecular weight is 296 g/mol. The molecule has 0 aliphatic heterocycles. The Morgan fingerprint density at radius 3 is 2.60 bits per heavy atom. The lowest BCUT2D eigenvalue weighted by Gasteiger charge is -2.15. The molecule has 1 aromatic rings. The smallest absolute Gasteiger partial charge is 0.215 e. The maximum atomic E-state index is 12.1. The summed E-state index contributed by atoms with van der Waals surface area (Å²) in [4.78, 5) is 0. The average Bonchev–Trinajstić information content (AvgIpc) is 3.17. The van der Waals surface area contributed by atoms with Crippen molar-refractivity contribution in [2.45, 2.75) is 44.9 Å². The van der Waals surface area contributed by atoms with E-state index in [2.05, 4.69) is 11.6 Å². The van der Waals surface area contributed by atoms with Crippen molar-refractivity contribution < 1.29 is 8.42 Å². The summed E-state index contributed by atoms with van der Waals surface area (Å²) in [5, 5.41) is 0. The molecule has 1 fully saturated rings. The van der Waals surface area contributed by atoms with E-state index >= 15 is 0 Å². The monoisotopic (exact) mass is 296 g/mol. The topological polar surface area (TPSA) is 72.2 Å². The highest BCUT2D eigenvalue weighted by Crippen LogP contribution is 2.49. The molecule has 1 saturated carbocycles. The summed E-state index contributed by atoms with van der Waals surface area (Å²) < 4.78 is 27.0. The Bertz CT molecular complexity index is 551. The van der Waals surface area contributed by atoms with Crippen LogP contribution in [0.5, 0.6) is 0 Å². The fraction of sp³-hybridized carbons (Fsp3) is 0.600. The van der Waals surface area contributed by atoms with Crippen molar-refractivity contribution in [3.63, 3.8) is 0 Å². The second kappa shape index (κ2) is 6.24. The minimum atomic E-state index is -3.26. The first-order valence-corrected chi connectivity index (χ1v) is 8.89. The van der Waals surface area contributed by atoms with Crippen LogP contribution in [0, 0.1) is 5.41 Å². The molecular weight excluding hydrogens is 272 g/mol. The van der Waals surface area contributed by atoms with E-state index in [1.54, 1.807) is 0 Å². The Balaban J connectivity index is 1.93. The standard InChI is InChI=1S/C15H24N2O2S/c1-2-6-15(7-8-15)12-17-20(18,19)11-14-5-3-4-13(9-14)10-16/h3-5,9,17H,2,6-8,10-12,16H2,1H3. The SMILES string of the molecule is CCCC1(CNS(=O)(=O)Cc2cccc(CN)c2)CC1. The number of nitrogens with two attached hydrogens (primary N) is 1. The molecular formula is C15H24N2O2S. The molecule has 0 amide bonds. The fourth-order valence-electron chi connectivity index (χ4n) is 2.60. The third-order valence-corrected chi connectivity index (χ3v) is 5.29. The van der Waals surface area contributed by atoms with Crippen molar-refractivity contribution in [1.82, 2.24) is 4.72 Å². The van der Waals surface area contributed by atoms with Gasteiger partial charge in [0.15, 0.2) is 0 Å². The highest BCUT2D eigenvalue weighted by atomic mass is 32.2. The van der Waals surface area contributed by atoms with Gasteiger partial charge in [0.1, 0.15) is 0 Å². The number of hydrogen-bond donors (Lipinski definition) is 2. The Labute approximate surface area is 121 Å². The van der Waals surface area contributed by atoms with Crippen molar-refractivity contribution in [2.75, 3.05) is 6.54 Å². The summed E-state index contributed by atoms with van der Waals surface area (Å²) in [6, 6.07) is 7.45. The zero-order valence-corrected chi connectivity index (χ0v) is 12.9. The van der Waals surface area contributed by atoms with Gasteiger partial charge in [-0.15, -0.1) is 0 Å². The normalized spacial score (nSPS) is 17.1. The highest BCUT2D eigenvalue weighted by Gasteiger charge is 2.41. The van der Waals surface area contributed by atoms with Gasteiger partial charge in [0.25, 0.3) is 0 Å². The minimum Gasteiger partial charge on any atom is -0.326 e. The minimum absolute atomic E-state index is 0.0308. The van der Waals surface area contributed by atoms with Gasteiger partial charge >= 0.3 is 0 Å². The van der Waals surface area contributed by atoms with E-state index in [1.807, 2.05) is 24.3 Å². The summed E-state index contributed by atoms with van der Waals surface area (Å²) in [5.41, 5.74) is 7.56. The van der Waals surface area contributed by atoms with Gasteiger partial charge in [0.2, 0.25) is 10.0 Å². The van der Waals surface area contributed by atoms with Crippen molar-refractivity contribution in [3.8, 4) is 0 Å². The van der Waals surface area contributed by atoms with E-state index in [9.17, 15) is 8.42 Å². The Kier molecular flexibility index (Phi) is 4.83. The van der Waals surface area contributed by atoms with E-state index in [4.69, 9.17) is 5.73 Å². The van der Waals surface area contributed by atoms with Gasteiger partial charge in [-0.2, -0.15) is 0 Å². The molecule has 0 radical (unpaired) electrons. The summed E-state index contributed by atoms with van der Waals surface area (Å²) >= 11 is 0. The van der Waals surface area contributed by atoms with Crippen molar-refractivity contribution in [1.29, 1.82) is 0 Å². The van der Waals surface area contributed by atoms with E-state index in [0.29, 0.717) is 13.1 Å². The number of sulfonamides is 1. The highest BCUT2D eigenvalue weighted by molar-refractivity contribution is 7.88. The van der Waals surface area contributed by atoms with Crippen LogP contribution in [0.3, 0.4) is 0 Å². The molecule has 0 unspecified atom stereocenters. The zero-order valence-electron chi connectivity index (χ0n) is 12.1. The van der Waals surface area contributed by atoms with E-state index < -0.39 is 10.0 Å². The van der Waals surface area contributed by atoms with Crippen LogP contribution in [-0.4, -0.2) is 15.0 Å². The zero-order chi connectivity index (χ0) is 14.6.